The number of halogens is 2. The highest BCUT2D eigenvalue weighted by molar-refractivity contribution is 14.1. The number of nitrogen functional groups attached to an aromatic ring is 1. The molecule has 0 aromatic carbocycles. The van der Waals surface area contributed by atoms with Gasteiger partial charge in [0.05, 0.1) is 22.1 Å². The second-order valence-electron chi connectivity index (χ2n) is 3.59. The highest BCUT2D eigenvalue weighted by Crippen LogP contribution is 2.23. The number of anilines is 1. The molecule has 0 saturated carbocycles. The van der Waals surface area contributed by atoms with E-state index in [4.69, 9.17) is 22.1 Å². The molecule has 0 aliphatic carbocycles. The van der Waals surface area contributed by atoms with Crippen LogP contribution in [0.5, 0.6) is 0 Å². The summed E-state index contributed by atoms with van der Waals surface area (Å²) in [5, 5.41) is 0.513. The number of imidazole rings is 1. The molecule has 0 atom stereocenters. The number of hydrogen-bond acceptors (Lipinski definition) is 5. The first-order valence-corrected chi connectivity index (χ1v) is 6.48. The Balaban J connectivity index is 2.55. The van der Waals surface area contributed by atoms with E-state index in [2.05, 4.69) is 37.5 Å². The fourth-order valence-electron chi connectivity index (χ4n) is 1.44. The van der Waals surface area contributed by atoms with E-state index in [0.717, 1.165) is 9.26 Å². The lowest BCUT2D eigenvalue weighted by Crippen LogP contribution is -2.08. The largest absolute Gasteiger partial charge is 0.383 e. The zero-order chi connectivity index (χ0) is 13.3. The molecule has 2 aromatic heterocycles. The van der Waals surface area contributed by atoms with Gasteiger partial charge in [-0.3, -0.25) is 0 Å². The SMILES string of the molecule is COCc1nc(-c2ncc(Cl)n2C)nc(N)c1I. The predicted molar refractivity (Wildman–Crippen MR) is 77.1 cm³/mol. The second-order valence-corrected chi connectivity index (χ2v) is 5.06. The van der Waals surface area contributed by atoms with E-state index < -0.39 is 0 Å². The van der Waals surface area contributed by atoms with Crippen molar-refractivity contribution in [2.24, 2.45) is 7.05 Å². The van der Waals surface area contributed by atoms with Crippen LogP contribution in [0.1, 0.15) is 5.69 Å². The summed E-state index contributed by atoms with van der Waals surface area (Å²) in [5.41, 5.74) is 6.60. The van der Waals surface area contributed by atoms with Crippen LogP contribution < -0.4 is 5.73 Å². The van der Waals surface area contributed by atoms with Crippen LogP contribution >= 0.6 is 34.2 Å². The first kappa shape index (κ1) is 13.5. The van der Waals surface area contributed by atoms with Gasteiger partial charge in [-0.25, -0.2) is 15.0 Å². The normalized spacial score (nSPS) is 10.9. The summed E-state index contributed by atoms with van der Waals surface area (Å²) >= 11 is 8.03. The summed E-state index contributed by atoms with van der Waals surface area (Å²) in [6.45, 7) is 0.371. The molecule has 8 heteroatoms. The molecule has 0 saturated heterocycles. The van der Waals surface area contributed by atoms with Crippen LogP contribution in [-0.2, 0) is 18.4 Å². The molecule has 0 bridgehead atoms. The maximum absolute atomic E-state index is 5.94. The summed E-state index contributed by atoms with van der Waals surface area (Å²) in [6, 6.07) is 0. The zero-order valence-electron chi connectivity index (χ0n) is 9.81. The molecule has 2 rings (SSSR count). The van der Waals surface area contributed by atoms with Crippen molar-refractivity contribution >= 4 is 40.0 Å². The second kappa shape index (κ2) is 5.37. The van der Waals surface area contributed by atoms with Gasteiger partial charge < -0.3 is 15.0 Å². The van der Waals surface area contributed by atoms with E-state index in [0.29, 0.717) is 29.2 Å². The summed E-state index contributed by atoms with van der Waals surface area (Å²) in [5.74, 6) is 1.42. The lowest BCUT2D eigenvalue weighted by molar-refractivity contribution is 0.181. The highest BCUT2D eigenvalue weighted by Gasteiger charge is 2.15. The summed E-state index contributed by atoms with van der Waals surface area (Å²) in [7, 11) is 3.39. The van der Waals surface area contributed by atoms with Gasteiger partial charge in [0.15, 0.2) is 11.6 Å². The number of hydrogen-bond donors (Lipinski definition) is 1. The van der Waals surface area contributed by atoms with Crippen molar-refractivity contribution in [3.8, 4) is 11.6 Å². The van der Waals surface area contributed by atoms with Crippen molar-refractivity contribution in [3.63, 3.8) is 0 Å². The monoisotopic (exact) mass is 379 g/mol. The number of rotatable bonds is 3. The molecule has 18 heavy (non-hydrogen) atoms. The van der Waals surface area contributed by atoms with Gasteiger partial charge in [0.25, 0.3) is 0 Å². The van der Waals surface area contributed by atoms with Crippen LogP contribution in [0.2, 0.25) is 5.15 Å². The van der Waals surface area contributed by atoms with Crippen molar-refractivity contribution in [3.05, 3.63) is 20.6 Å². The van der Waals surface area contributed by atoms with Gasteiger partial charge in [-0.05, 0) is 22.6 Å². The van der Waals surface area contributed by atoms with Gasteiger partial charge in [0.1, 0.15) is 11.0 Å². The molecule has 0 amide bonds. The Bertz CT molecular complexity index is 586. The van der Waals surface area contributed by atoms with Gasteiger partial charge in [-0.1, -0.05) is 11.6 Å². The molecule has 0 aliphatic rings. The Kier molecular flexibility index (Phi) is 4.03. The first-order valence-electron chi connectivity index (χ1n) is 5.03. The predicted octanol–water partition coefficient (Wildman–Crippen LogP) is 1.86. The molecule has 0 unspecified atom stereocenters. The molecule has 96 valence electrons. The Labute approximate surface area is 123 Å². The van der Waals surface area contributed by atoms with Gasteiger partial charge in [-0.2, -0.15) is 0 Å². The van der Waals surface area contributed by atoms with Crippen LogP contribution in [0, 0.1) is 3.57 Å². The van der Waals surface area contributed by atoms with Crippen molar-refractivity contribution in [1.82, 2.24) is 19.5 Å². The number of ether oxygens (including phenoxy) is 1. The minimum Gasteiger partial charge on any atom is -0.383 e. The van der Waals surface area contributed by atoms with Crippen LogP contribution in [0.4, 0.5) is 5.82 Å². The Morgan fingerprint density at radius 2 is 2.22 bits per heavy atom. The molecule has 0 aliphatic heterocycles. The first-order chi connectivity index (χ1) is 8.54. The molecule has 2 aromatic rings. The zero-order valence-corrected chi connectivity index (χ0v) is 12.7. The van der Waals surface area contributed by atoms with E-state index in [1.807, 2.05) is 0 Å². The van der Waals surface area contributed by atoms with Crippen LogP contribution in [-0.4, -0.2) is 26.6 Å². The van der Waals surface area contributed by atoms with Crippen molar-refractivity contribution in [2.75, 3.05) is 12.8 Å². The minimum atomic E-state index is 0.371. The third kappa shape index (κ3) is 2.43. The molecule has 6 nitrogen and oxygen atoms in total. The number of aromatic nitrogens is 4. The van der Waals surface area contributed by atoms with E-state index >= 15 is 0 Å². The summed E-state index contributed by atoms with van der Waals surface area (Å²) in [6.07, 6.45) is 1.55. The Morgan fingerprint density at radius 1 is 1.50 bits per heavy atom. The third-order valence-corrected chi connectivity index (χ3v) is 3.88. The minimum absolute atomic E-state index is 0.371. The molecule has 0 fully saturated rings. The molecule has 2 heterocycles. The molecular weight excluding hydrogens is 369 g/mol. The van der Waals surface area contributed by atoms with Crippen LogP contribution in [0.15, 0.2) is 6.20 Å². The third-order valence-electron chi connectivity index (χ3n) is 2.36. The van der Waals surface area contributed by atoms with Gasteiger partial charge in [0, 0.05) is 14.2 Å². The fraction of sp³-hybridized carbons (Fsp3) is 0.300. The smallest absolute Gasteiger partial charge is 0.198 e. The van der Waals surface area contributed by atoms with E-state index in [9.17, 15) is 0 Å². The quantitative estimate of drug-likeness (QED) is 0.824. The summed E-state index contributed by atoms with van der Waals surface area (Å²) < 4.78 is 7.57. The summed E-state index contributed by atoms with van der Waals surface area (Å²) in [4.78, 5) is 12.8. The number of nitrogens with two attached hydrogens (primary N) is 1. The van der Waals surface area contributed by atoms with Gasteiger partial charge in [0.2, 0.25) is 0 Å². The maximum Gasteiger partial charge on any atom is 0.198 e. The van der Waals surface area contributed by atoms with Crippen molar-refractivity contribution < 1.29 is 4.74 Å². The standard InChI is InChI=1S/C10H11ClIN5O/c1-17-6(11)3-14-10(17)9-15-5(4-18-2)7(12)8(13)16-9/h3H,4H2,1-2H3,(H2,13,15,16). The van der Waals surface area contributed by atoms with Crippen molar-refractivity contribution in [2.45, 2.75) is 6.61 Å². The van der Waals surface area contributed by atoms with Gasteiger partial charge in [-0.15, -0.1) is 0 Å². The Morgan fingerprint density at radius 3 is 2.78 bits per heavy atom. The highest BCUT2D eigenvalue weighted by atomic mass is 127. The number of nitrogens with zero attached hydrogens (tertiary/aromatic N) is 4. The van der Waals surface area contributed by atoms with E-state index in [1.165, 1.54) is 0 Å². The van der Waals surface area contributed by atoms with Gasteiger partial charge >= 0.3 is 0 Å². The number of methoxy groups -OCH3 is 1. The average Bonchev–Trinajstić information content (AvgIpc) is 2.66. The van der Waals surface area contributed by atoms with Crippen molar-refractivity contribution in [1.29, 1.82) is 0 Å². The molecule has 0 radical (unpaired) electrons. The topological polar surface area (TPSA) is 78.9 Å². The van der Waals surface area contributed by atoms with Crippen LogP contribution in [0.3, 0.4) is 0 Å². The molecular formula is C10H11ClIN5O. The lowest BCUT2D eigenvalue weighted by atomic mass is 10.4. The average molecular weight is 380 g/mol. The van der Waals surface area contributed by atoms with Crippen LogP contribution in [0.25, 0.3) is 11.6 Å². The Hall–Kier alpha value is -0.930. The molecule has 0 spiro atoms. The molecule has 2 N–H and O–H groups in total. The maximum atomic E-state index is 5.94. The van der Waals surface area contributed by atoms with E-state index in [-0.39, 0.29) is 0 Å². The lowest BCUT2D eigenvalue weighted by Gasteiger charge is -2.08. The van der Waals surface area contributed by atoms with E-state index in [1.54, 1.807) is 24.9 Å². The fourth-order valence-corrected chi connectivity index (χ4v) is 1.97.